The molecule has 0 unspecified atom stereocenters. The van der Waals surface area contributed by atoms with E-state index >= 15 is 0 Å². The Bertz CT molecular complexity index is 599. The van der Waals surface area contributed by atoms with Gasteiger partial charge in [0.25, 0.3) is 0 Å². The van der Waals surface area contributed by atoms with Crippen molar-refractivity contribution in [2.45, 2.75) is 38.1 Å². The number of hydrogen-bond donors (Lipinski definition) is 1. The van der Waals surface area contributed by atoms with Crippen LogP contribution in [0.2, 0.25) is 0 Å². The molecule has 1 aromatic rings. The van der Waals surface area contributed by atoms with E-state index in [2.05, 4.69) is 13.8 Å². The summed E-state index contributed by atoms with van der Waals surface area (Å²) in [5.74, 6) is -0.467. The van der Waals surface area contributed by atoms with Crippen molar-refractivity contribution in [1.29, 1.82) is 0 Å². The van der Waals surface area contributed by atoms with Crippen molar-refractivity contribution in [2.75, 3.05) is 13.1 Å². The van der Waals surface area contributed by atoms with Crippen LogP contribution < -0.4 is 5.73 Å². The van der Waals surface area contributed by atoms with Gasteiger partial charge in [-0.15, -0.1) is 0 Å². The molecule has 1 fully saturated rings. The third-order valence-electron chi connectivity index (χ3n) is 3.74. The maximum atomic E-state index is 13.4. The van der Waals surface area contributed by atoms with Gasteiger partial charge in [-0.2, -0.15) is 4.31 Å². The van der Waals surface area contributed by atoms with Crippen molar-refractivity contribution >= 4 is 10.0 Å². The summed E-state index contributed by atoms with van der Waals surface area (Å²) in [5, 5.41) is 0. The normalized spacial score (nSPS) is 20.0. The first-order chi connectivity index (χ1) is 9.26. The SMILES string of the molecule is CC1(C)CCCN(S(=O)(=O)c2ccc(F)c(CN)c2)C1. The number of nitrogens with two attached hydrogens (primary N) is 1. The molecule has 6 heteroatoms. The van der Waals surface area contributed by atoms with E-state index in [1.807, 2.05) is 0 Å². The second-order valence-electron chi connectivity index (χ2n) is 6.06. The van der Waals surface area contributed by atoms with Crippen molar-refractivity contribution in [3.8, 4) is 0 Å². The molecule has 0 aromatic heterocycles. The molecule has 0 atom stereocenters. The number of benzene rings is 1. The van der Waals surface area contributed by atoms with Crippen LogP contribution in [0.3, 0.4) is 0 Å². The topological polar surface area (TPSA) is 63.4 Å². The lowest BCUT2D eigenvalue weighted by atomic mass is 9.85. The van der Waals surface area contributed by atoms with E-state index < -0.39 is 15.8 Å². The van der Waals surface area contributed by atoms with Gasteiger partial charge in [0.1, 0.15) is 5.82 Å². The fourth-order valence-electron chi connectivity index (χ4n) is 2.59. The Hall–Kier alpha value is -0.980. The highest BCUT2D eigenvalue weighted by molar-refractivity contribution is 7.89. The third kappa shape index (κ3) is 3.02. The van der Waals surface area contributed by atoms with E-state index in [1.165, 1.54) is 22.5 Å². The van der Waals surface area contributed by atoms with Crippen LogP contribution >= 0.6 is 0 Å². The highest BCUT2D eigenvalue weighted by Crippen LogP contribution is 2.32. The first kappa shape index (κ1) is 15.4. The van der Waals surface area contributed by atoms with Gasteiger partial charge in [0.15, 0.2) is 0 Å². The molecule has 0 bridgehead atoms. The van der Waals surface area contributed by atoms with Crippen LogP contribution in [0, 0.1) is 11.2 Å². The molecular formula is C14H21FN2O2S. The van der Waals surface area contributed by atoms with Crippen molar-refractivity contribution in [3.63, 3.8) is 0 Å². The molecule has 0 saturated carbocycles. The standard InChI is InChI=1S/C14H21FN2O2S/c1-14(2)6-3-7-17(10-14)20(18,19)12-4-5-13(15)11(8-12)9-16/h4-5,8H,3,6-7,9-10,16H2,1-2H3. The first-order valence-electron chi connectivity index (χ1n) is 6.75. The number of sulfonamides is 1. The summed E-state index contributed by atoms with van der Waals surface area (Å²) in [6.07, 6.45) is 1.85. The Morgan fingerprint density at radius 3 is 2.70 bits per heavy atom. The quantitative estimate of drug-likeness (QED) is 0.929. The molecular weight excluding hydrogens is 279 g/mol. The zero-order chi connectivity index (χ0) is 15.0. The summed E-state index contributed by atoms with van der Waals surface area (Å²) in [4.78, 5) is 0.122. The summed E-state index contributed by atoms with van der Waals surface area (Å²) in [6, 6.07) is 3.82. The molecule has 2 rings (SSSR count). The molecule has 1 heterocycles. The van der Waals surface area contributed by atoms with Gasteiger partial charge in [0.05, 0.1) is 4.90 Å². The summed E-state index contributed by atoms with van der Waals surface area (Å²) in [6.45, 7) is 5.11. The first-order valence-corrected chi connectivity index (χ1v) is 8.19. The van der Waals surface area contributed by atoms with Gasteiger partial charge in [-0.05, 0) is 36.5 Å². The summed E-state index contributed by atoms with van der Waals surface area (Å²) < 4.78 is 40.2. The zero-order valence-electron chi connectivity index (χ0n) is 11.9. The number of rotatable bonds is 3. The maximum absolute atomic E-state index is 13.4. The van der Waals surface area contributed by atoms with E-state index in [-0.39, 0.29) is 22.4 Å². The molecule has 0 aliphatic carbocycles. The van der Waals surface area contributed by atoms with Crippen LogP contribution in [0.5, 0.6) is 0 Å². The largest absolute Gasteiger partial charge is 0.326 e. The predicted octanol–water partition coefficient (Wildman–Crippen LogP) is 2.10. The Kier molecular flexibility index (Phi) is 4.18. The van der Waals surface area contributed by atoms with Crippen molar-refractivity contribution in [3.05, 3.63) is 29.6 Å². The average molecular weight is 300 g/mol. The van der Waals surface area contributed by atoms with Gasteiger partial charge in [0, 0.05) is 25.2 Å². The van der Waals surface area contributed by atoms with Crippen LogP contribution in [-0.2, 0) is 16.6 Å². The average Bonchev–Trinajstić information content (AvgIpc) is 2.37. The Morgan fingerprint density at radius 2 is 2.10 bits per heavy atom. The Morgan fingerprint density at radius 1 is 1.40 bits per heavy atom. The molecule has 0 spiro atoms. The third-order valence-corrected chi connectivity index (χ3v) is 5.58. The van der Waals surface area contributed by atoms with Gasteiger partial charge in [-0.3, -0.25) is 0 Å². The van der Waals surface area contributed by atoms with Gasteiger partial charge in [-0.1, -0.05) is 13.8 Å². The van der Waals surface area contributed by atoms with Crippen molar-refractivity contribution in [2.24, 2.45) is 11.1 Å². The van der Waals surface area contributed by atoms with Crippen LogP contribution in [0.4, 0.5) is 4.39 Å². The summed E-state index contributed by atoms with van der Waals surface area (Å²) in [5.41, 5.74) is 5.63. The lowest BCUT2D eigenvalue weighted by molar-refractivity contribution is 0.187. The highest BCUT2D eigenvalue weighted by atomic mass is 32.2. The fourth-order valence-corrected chi connectivity index (χ4v) is 4.31. The van der Waals surface area contributed by atoms with Gasteiger partial charge in [-0.25, -0.2) is 12.8 Å². The van der Waals surface area contributed by atoms with Crippen LogP contribution in [0.25, 0.3) is 0 Å². The van der Waals surface area contributed by atoms with E-state index in [0.29, 0.717) is 13.1 Å². The predicted molar refractivity (Wildman–Crippen MR) is 76.1 cm³/mol. The fraction of sp³-hybridized carbons (Fsp3) is 0.571. The second-order valence-corrected chi connectivity index (χ2v) is 8.00. The summed E-state index contributed by atoms with van der Waals surface area (Å²) in [7, 11) is -3.57. The Labute approximate surface area is 119 Å². The molecule has 2 N–H and O–H groups in total. The second kappa shape index (κ2) is 5.42. The van der Waals surface area contributed by atoms with Crippen LogP contribution in [0.1, 0.15) is 32.3 Å². The molecule has 112 valence electrons. The smallest absolute Gasteiger partial charge is 0.243 e. The van der Waals surface area contributed by atoms with Crippen molar-refractivity contribution < 1.29 is 12.8 Å². The van der Waals surface area contributed by atoms with E-state index in [0.717, 1.165) is 12.8 Å². The minimum Gasteiger partial charge on any atom is -0.326 e. The number of piperidine rings is 1. The molecule has 1 aliphatic heterocycles. The molecule has 1 saturated heterocycles. The molecule has 0 radical (unpaired) electrons. The molecule has 1 aromatic carbocycles. The maximum Gasteiger partial charge on any atom is 0.243 e. The lowest BCUT2D eigenvalue weighted by Crippen LogP contribution is -2.43. The minimum absolute atomic E-state index is 0.0132. The monoisotopic (exact) mass is 300 g/mol. The number of hydrogen-bond acceptors (Lipinski definition) is 3. The molecule has 0 amide bonds. The van der Waals surface area contributed by atoms with Crippen LogP contribution in [-0.4, -0.2) is 25.8 Å². The van der Waals surface area contributed by atoms with E-state index in [9.17, 15) is 12.8 Å². The van der Waals surface area contributed by atoms with Gasteiger partial charge < -0.3 is 5.73 Å². The Balaban J connectivity index is 2.35. The van der Waals surface area contributed by atoms with E-state index in [1.54, 1.807) is 0 Å². The van der Waals surface area contributed by atoms with Crippen molar-refractivity contribution in [1.82, 2.24) is 4.31 Å². The lowest BCUT2D eigenvalue weighted by Gasteiger charge is -2.37. The molecule has 20 heavy (non-hydrogen) atoms. The van der Waals surface area contributed by atoms with Gasteiger partial charge in [0.2, 0.25) is 10.0 Å². The summed E-state index contributed by atoms with van der Waals surface area (Å²) >= 11 is 0. The van der Waals surface area contributed by atoms with E-state index in [4.69, 9.17) is 5.73 Å². The number of halogens is 1. The molecule has 1 aliphatic rings. The zero-order valence-corrected chi connectivity index (χ0v) is 12.7. The molecule has 4 nitrogen and oxygen atoms in total. The minimum atomic E-state index is -3.57. The number of nitrogens with zero attached hydrogens (tertiary/aromatic N) is 1. The highest BCUT2D eigenvalue weighted by Gasteiger charge is 2.34. The van der Waals surface area contributed by atoms with Crippen LogP contribution in [0.15, 0.2) is 23.1 Å². The van der Waals surface area contributed by atoms with Gasteiger partial charge >= 0.3 is 0 Å².